The van der Waals surface area contributed by atoms with Crippen LogP contribution in [-0.4, -0.2) is 29.9 Å². The van der Waals surface area contributed by atoms with E-state index in [0.717, 1.165) is 19.4 Å². The Hall–Kier alpha value is -0.570. The predicted molar refractivity (Wildman–Crippen MR) is 64.9 cm³/mol. The van der Waals surface area contributed by atoms with Crippen molar-refractivity contribution in [2.75, 3.05) is 13.1 Å². The summed E-state index contributed by atoms with van der Waals surface area (Å²) in [7, 11) is 0. The lowest BCUT2D eigenvalue weighted by Gasteiger charge is -2.39. The van der Waals surface area contributed by atoms with Crippen molar-refractivity contribution in [3.63, 3.8) is 0 Å². The van der Waals surface area contributed by atoms with Gasteiger partial charge >= 0.3 is 0 Å². The van der Waals surface area contributed by atoms with Crippen LogP contribution in [0.2, 0.25) is 0 Å². The average Bonchev–Trinajstić information content (AvgIpc) is 2.69. The number of hydrogen-bond donors (Lipinski definition) is 1. The van der Waals surface area contributed by atoms with Crippen LogP contribution < -0.4 is 5.73 Å². The smallest absolute Gasteiger partial charge is 0.226 e. The summed E-state index contributed by atoms with van der Waals surface area (Å²) in [6.45, 7) is 3.65. The second-order valence-corrected chi connectivity index (χ2v) is 5.24. The molecule has 92 valence electrons. The normalized spacial score (nSPS) is 30.1. The first-order valence-electron chi connectivity index (χ1n) is 6.78. The van der Waals surface area contributed by atoms with Gasteiger partial charge in [0.05, 0.1) is 0 Å². The Morgan fingerprint density at radius 3 is 2.44 bits per heavy atom. The third-order valence-electron chi connectivity index (χ3n) is 4.42. The molecule has 0 spiro atoms. The first-order valence-corrected chi connectivity index (χ1v) is 6.78. The standard InChI is InChI=1S/C13H24N2O/c1-2-15(11-6-4-7-11)13(16)12-8-3-5-10(12)9-14/h10-12H,2-9,14H2,1H3/t10-,12-/m1/s1. The molecule has 3 nitrogen and oxygen atoms in total. The molecule has 2 aliphatic carbocycles. The number of hydrogen-bond acceptors (Lipinski definition) is 2. The number of rotatable bonds is 4. The molecule has 0 bridgehead atoms. The molecule has 0 unspecified atom stereocenters. The maximum absolute atomic E-state index is 12.5. The van der Waals surface area contributed by atoms with Gasteiger partial charge in [-0.2, -0.15) is 0 Å². The molecule has 2 aliphatic rings. The van der Waals surface area contributed by atoms with Crippen LogP contribution >= 0.6 is 0 Å². The van der Waals surface area contributed by atoms with Crippen LogP contribution in [0, 0.1) is 11.8 Å². The monoisotopic (exact) mass is 224 g/mol. The van der Waals surface area contributed by atoms with E-state index in [0.29, 0.717) is 24.4 Å². The third-order valence-corrected chi connectivity index (χ3v) is 4.42. The van der Waals surface area contributed by atoms with E-state index in [-0.39, 0.29) is 5.92 Å². The van der Waals surface area contributed by atoms with Gasteiger partial charge in [-0.1, -0.05) is 6.42 Å². The molecule has 0 aromatic rings. The fourth-order valence-corrected chi connectivity index (χ4v) is 3.15. The van der Waals surface area contributed by atoms with Gasteiger partial charge in [0.25, 0.3) is 0 Å². The molecule has 2 N–H and O–H groups in total. The first-order chi connectivity index (χ1) is 7.77. The fourth-order valence-electron chi connectivity index (χ4n) is 3.15. The van der Waals surface area contributed by atoms with Crippen LogP contribution in [0.5, 0.6) is 0 Å². The third kappa shape index (κ3) is 2.10. The second kappa shape index (κ2) is 5.17. The summed E-state index contributed by atoms with van der Waals surface area (Å²) in [5.41, 5.74) is 5.76. The Labute approximate surface area is 98.4 Å². The van der Waals surface area contributed by atoms with Gasteiger partial charge in [-0.3, -0.25) is 4.79 Å². The van der Waals surface area contributed by atoms with Crippen molar-refractivity contribution in [1.82, 2.24) is 4.90 Å². The van der Waals surface area contributed by atoms with Gasteiger partial charge in [-0.05, 0) is 51.5 Å². The number of amides is 1. The first kappa shape index (κ1) is 11.9. The van der Waals surface area contributed by atoms with Gasteiger partial charge in [0.1, 0.15) is 0 Å². The van der Waals surface area contributed by atoms with Crippen molar-refractivity contribution >= 4 is 5.91 Å². The molecule has 0 aromatic heterocycles. The van der Waals surface area contributed by atoms with Crippen LogP contribution in [0.25, 0.3) is 0 Å². The molecular formula is C13H24N2O. The lowest BCUT2D eigenvalue weighted by Crippen LogP contribution is -2.47. The number of carbonyl (C=O) groups is 1. The number of nitrogens with two attached hydrogens (primary N) is 1. The second-order valence-electron chi connectivity index (χ2n) is 5.24. The van der Waals surface area contributed by atoms with Crippen molar-refractivity contribution in [3.8, 4) is 0 Å². The van der Waals surface area contributed by atoms with Gasteiger partial charge in [0.2, 0.25) is 5.91 Å². The quantitative estimate of drug-likeness (QED) is 0.791. The summed E-state index contributed by atoms with van der Waals surface area (Å²) in [5, 5.41) is 0. The van der Waals surface area contributed by atoms with Crippen molar-refractivity contribution in [2.24, 2.45) is 17.6 Å². The molecule has 2 fully saturated rings. The highest BCUT2D eigenvalue weighted by atomic mass is 16.2. The van der Waals surface area contributed by atoms with Gasteiger partial charge < -0.3 is 10.6 Å². The summed E-state index contributed by atoms with van der Waals surface area (Å²) in [6.07, 6.45) is 7.10. The van der Waals surface area contributed by atoms with Crippen molar-refractivity contribution in [1.29, 1.82) is 0 Å². The zero-order valence-corrected chi connectivity index (χ0v) is 10.3. The van der Waals surface area contributed by atoms with E-state index in [9.17, 15) is 4.79 Å². The van der Waals surface area contributed by atoms with E-state index in [2.05, 4.69) is 11.8 Å². The predicted octanol–water partition coefficient (Wildman–Crippen LogP) is 1.76. The Morgan fingerprint density at radius 1 is 1.25 bits per heavy atom. The topological polar surface area (TPSA) is 46.3 Å². The highest BCUT2D eigenvalue weighted by molar-refractivity contribution is 5.80. The molecule has 0 radical (unpaired) electrons. The highest BCUT2D eigenvalue weighted by Crippen LogP contribution is 2.34. The largest absolute Gasteiger partial charge is 0.340 e. The molecule has 0 aromatic carbocycles. The molecule has 2 saturated carbocycles. The van der Waals surface area contributed by atoms with E-state index in [1.54, 1.807) is 0 Å². The summed E-state index contributed by atoms with van der Waals surface area (Å²) < 4.78 is 0. The summed E-state index contributed by atoms with van der Waals surface area (Å²) >= 11 is 0. The van der Waals surface area contributed by atoms with Crippen LogP contribution in [0.4, 0.5) is 0 Å². The number of carbonyl (C=O) groups excluding carboxylic acids is 1. The van der Waals surface area contributed by atoms with Gasteiger partial charge in [-0.15, -0.1) is 0 Å². The van der Waals surface area contributed by atoms with E-state index in [4.69, 9.17) is 5.73 Å². The molecule has 0 aliphatic heterocycles. The van der Waals surface area contributed by atoms with Gasteiger partial charge in [-0.25, -0.2) is 0 Å². The summed E-state index contributed by atoms with van der Waals surface area (Å²) in [6, 6.07) is 0.538. The Morgan fingerprint density at radius 2 is 1.94 bits per heavy atom. The van der Waals surface area contributed by atoms with Crippen LogP contribution in [0.3, 0.4) is 0 Å². The Bertz CT molecular complexity index is 246. The minimum atomic E-state index is 0.227. The Balaban J connectivity index is 1.98. The summed E-state index contributed by atoms with van der Waals surface area (Å²) in [4.78, 5) is 14.6. The molecule has 2 atom stereocenters. The number of nitrogens with zero attached hydrogens (tertiary/aromatic N) is 1. The van der Waals surface area contributed by atoms with Gasteiger partial charge in [0.15, 0.2) is 0 Å². The molecule has 0 heterocycles. The molecule has 1 amide bonds. The van der Waals surface area contributed by atoms with E-state index < -0.39 is 0 Å². The maximum atomic E-state index is 12.5. The minimum absolute atomic E-state index is 0.227. The van der Waals surface area contributed by atoms with Gasteiger partial charge in [0, 0.05) is 18.5 Å². The molecule has 3 heteroatoms. The lowest BCUT2D eigenvalue weighted by atomic mass is 9.88. The molecule has 16 heavy (non-hydrogen) atoms. The van der Waals surface area contributed by atoms with Crippen LogP contribution in [-0.2, 0) is 4.79 Å². The minimum Gasteiger partial charge on any atom is -0.340 e. The van der Waals surface area contributed by atoms with E-state index in [1.807, 2.05) is 0 Å². The molecular weight excluding hydrogens is 200 g/mol. The SMILES string of the molecule is CCN(C(=O)[C@@H]1CCC[C@@H]1CN)C1CCC1. The highest BCUT2D eigenvalue weighted by Gasteiger charge is 2.37. The molecule has 0 saturated heterocycles. The average molecular weight is 224 g/mol. The van der Waals surface area contributed by atoms with E-state index in [1.165, 1.54) is 25.7 Å². The molecule has 2 rings (SSSR count). The van der Waals surface area contributed by atoms with Crippen molar-refractivity contribution < 1.29 is 4.79 Å². The zero-order chi connectivity index (χ0) is 11.5. The zero-order valence-electron chi connectivity index (χ0n) is 10.3. The lowest BCUT2D eigenvalue weighted by molar-refractivity contribution is -0.140. The fraction of sp³-hybridized carbons (Fsp3) is 0.923. The van der Waals surface area contributed by atoms with Crippen molar-refractivity contribution in [2.45, 2.75) is 51.5 Å². The van der Waals surface area contributed by atoms with Crippen LogP contribution in [0.15, 0.2) is 0 Å². The van der Waals surface area contributed by atoms with Crippen LogP contribution in [0.1, 0.15) is 45.4 Å². The maximum Gasteiger partial charge on any atom is 0.226 e. The van der Waals surface area contributed by atoms with E-state index >= 15 is 0 Å². The Kier molecular flexibility index (Phi) is 3.85. The van der Waals surface area contributed by atoms with Crippen molar-refractivity contribution in [3.05, 3.63) is 0 Å². The summed E-state index contributed by atoms with van der Waals surface area (Å²) in [5.74, 6) is 1.06.